The molecule has 160 valence electrons. The van der Waals surface area contributed by atoms with E-state index in [-0.39, 0.29) is 24.3 Å². The molecule has 0 saturated heterocycles. The lowest BCUT2D eigenvalue weighted by Gasteiger charge is -2.31. The van der Waals surface area contributed by atoms with Crippen LogP contribution in [0.3, 0.4) is 0 Å². The number of carbonyl (C=O) groups excluding carboxylic acids is 2. The number of hydrogen-bond donors (Lipinski definition) is 2. The van der Waals surface area contributed by atoms with Crippen LogP contribution < -0.4 is 15.4 Å². The second kappa shape index (κ2) is 10.5. The van der Waals surface area contributed by atoms with Gasteiger partial charge in [-0.2, -0.15) is 0 Å². The van der Waals surface area contributed by atoms with E-state index in [2.05, 4.69) is 35.4 Å². The molecule has 0 bridgehead atoms. The minimum atomic E-state index is -0.427. The molecule has 2 atom stereocenters. The predicted molar refractivity (Wildman–Crippen MR) is 121 cm³/mol. The molecule has 30 heavy (non-hydrogen) atoms. The summed E-state index contributed by atoms with van der Waals surface area (Å²) in [5.74, 6) is 0.550. The quantitative estimate of drug-likeness (QED) is 0.639. The average Bonchev–Trinajstić information content (AvgIpc) is 2.77. The summed E-state index contributed by atoms with van der Waals surface area (Å²) in [5, 5.41) is 5.51. The van der Waals surface area contributed by atoms with E-state index >= 15 is 0 Å². The summed E-state index contributed by atoms with van der Waals surface area (Å²) in [6.07, 6.45) is 0.147. The van der Waals surface area contributed by atoms with Crippen LogP contribution in [0.2, 0.25) is 0 Å². The van der Waals surface area contributed by atoms with Crippen molar-refractivity contribution in [1.82, 2.24) is 10.2 Å². The van der Waals surface area contributed by atoms with E-state index in [9.17, 15) is 9.59 Å². The minimum absolute atomic E-state index is 0.0348. The van der Waals surface area contributed by atoms with Gasteiger partial charge in [-0.15, -0.1) is 11.8 Å². The predicted octanol–water partition coefficient (Wildman–Crippen LogP) is 3.70. The number of anilines is 1. The largest absolute Gasteiger partial charge is 0.497 e. The molecule has 0 saturated carbocycles. The Hall–Kier alpha value is -2.51. The van der Waals surface area contributed by atoms with Crippen LogP contribution >= 0.6 is 11.8 Å². The van der Waals surface area contributed by atoms with Crippen molar-refractivity contribution in [3.63, 3.8) is 0 Å². The maximum Gasteiger partial charge on any atom is 0.238 e. The lowest BCUT2D eigenvalue weighted by Crippen LogP contribution is -2.40. The number of nitrogens with one attached hydrogen (secondary N) is 2. The van der Waals surface area contributed by atoms with Crippen LogP contribution in [0.15, 0.2) is 53.4 Å². The first-order valence-corrected chi connectivity index (χ1v) is 11.1. The summed E-state index contributed by atoms with van der Waals surface area (Å²) in [6, 6.07) is 15.6. The number of fused-ring (bicyclic) bond motifs is 1. The summed E-state index contributed by atoms with van der Waals surface area (Å²) < 4.78 is 5.37. The van der Waals surface area contributed by atoms with Crippen molar-refractivity contribution in [2.24, 2.45) is 0 Å². The third-order valence-corrected chi connectivity index (χ3v) is 6.58. The summed E-state index contributed by atoms with van der Waals surface area (Å²) in [7, 11) is 1.65. The second-order valence-electron chi connectivity index (χ2n) is 7.11. The van der Waals surface area contributed by atoms with Crippen LogP contribution in [0.4, 0.5) is 5.69 Å². The SMILES string of the molecule is CCN(CC)[C@H](CNC(=O)C[C@@H]1Sc2ccccc2NC1=O)c1cccc(OC)c1. The molecule has 0 aromatic heterocycles. The van der Waals surface area contributed by atoms with Gasteiger partial charge in [0.25, 0.3) is 0 Å². The summed E-state index contributed by atoms with van der Waals surface area (Å²) >= 11 is 1.44. The normalized spacial score (nSPS) is 16.5. The first-order chi connectivity index (χ1) is 14.5. The summed E-state index contributed by atoms with van der Waals surface area (Å²) in [5.41, 5.74) is 1.90. The Kier molecular flexibility index (Phi) is 7.76. The lowest BCUT2D eigenvalue weighted by molar-refractivity contribution is -0.124. The van der Waals surface area contributed by atoms with Gasteiger partial charge in [-0.1, -0.05) is 38.1 Å². The van der Waals surface area contributed by atoms with Gasteiger partial charge in [-0.25, -0.2) is 0 Å². The fraction of sp³-hybridized carbons (Fsp3) is 0.391. The van der Waals surface area contributed by atoms with Crippen molar-refractivity contribution in [2.45, 2.75) is 36.5 Å². The zero-order valence-corrected chi connectivity index (χ0v) is 18.5. The number of methoxy groups -OCH3 is 1. The number of hydrogen-bond acceptors (Lipinski definition) is 5. The number of amides is 2. The van der Waals surface area contributed by atoms with Gasteiger partial charge in [0.15, 0.2) is 0 Å². The van der Waals surface area contributed by atoms with Gasteiger partial charge >= 0.3 is 0 Å². The van der Waals surface area contributed by atoms with Gasteiger partial charge in [0.05, 0.1) is 24.1 Å². The monoisotopic (exact) mass is 427 g/mol. The Labute approximate surface area is 182 Å². The number of likely N-dealkylation sites (N-methyl/N-ethyl adjacent to an activating group) is 1. The highest BCUT2D eigenvalue weighted by Crippen LogP contribution is 2.36. The molecular formula is C23H29N3O3S. The fourth-order valence-corrected chi connectivity index (χ4v) is 4.76. The number of rotatable bonds is 9. The molecule has 1 aliphatic rings. The molecule has 1 aliphatic heterocycles. The van der Waals surface area contributed by atoms with E-state index in [1.54, 1.807) is 7.11 Å². The number of ether oxygens (including phenoxy) is 1. The van der Waals surface area contributed by atoms with Gasteiger partial charge in [-0.05, 0) is 42.9 Å². The molecule has 2 aromatic carbocycles. The number of para-hydroxylation sites is 1. The van der Waals surface area contributed by atoms with Crippen LogP contribution in [0.1, 0.15) is 31.9 Å². The second-order valence-corrected chi connectivity index (χ2v) is 8.36. The third kappa shape index (κ3) is 5.34. The molecule has 7 heteroatoms. The summed E-state index contributed by atoms with van der Waals surface area (Å²) in [4.78, 5) is 28.4. The zero-order valence-electron chi connectivity index (χ0n) is 17.7. The Morgan fingerprint density at radius 2 is 1.97 bits per heavy atom. The molecule has 0 fully saturated rings. The summed E-state index contributed by atoms with van der Waals surface area (Å²) in [6.45, 7) is 6.43. The molecule has 1 heterocycles. The molecule has 2 aromatic rings. The van der Waals surface area contributed by atoms with Crippen molar-refractivity contribution in [3.05, 3.63) is 54.1 Å². The Morgan fingerprint density at radius 3 is 2.70 bits per heavy atom. The van der Waals surface area contributed by atoms with Crippen LogP contribution in [0.25, 0.3) is 0 Å². The Balaban J connectivity index is 1.65. The van der Waals surface area contributed by atoms with Crippen LogP contribution in [-0.2, 0) is 9.59 Å². The van der Waals surface area contributed by atoms with Crippen molar-refractivity contribution < 1.29 is 14.3 Å². The number of carbonyl (C=O) groups is 2. The Bertz CT molecular complexity index is 886. The molecule has 2 N–H and O–H groups in total. The zero-order chi connectivity index (χ0) is 21.5. The van der Waals surface area contributed by atoms with E-state index < -0.39 is 5.25 Å². The molecule has 3 rings (SSSR count). The van der Waals surface area contributed by atoms with Crippen molar-refractivity contribution in [3.8, 4) is 5.75 Å². The number of nitrogens with zero attached hydrogens (tertiary/aromatic N) is 1. The van der Waals surface area contributed by atoms with E-state index in [4.69, 9.17) is 4.74 Å². The van der Waals surface area contributed by atoms with Crippen molar-refractivity contribution in [1.29, 1.82) is 0 Å². The van der Waals surface area contributed by atoms with Crippen LogP contribution in [0.5, 0.6) is 5.75 Å². The molecule has 0 spiro atoms. The lowest BCUT2D eigenvalue weighted by atomic mass is 10.0. The topological polar surface area (TPSA) is 70.7 Å². The Morgan fingerprint density at radius 1 is 1.20 bits per heavy atom. The van der Waals surface area contributed by atoms with E-state index in [0.29, 0.717) is 6.54 Å². The van der Waals surface area contributed by atoms with E-state index in [0.717, 1.165) is 35.0 Å². The van der Waals surface area contributed by atoms with Crippen LogP contribution in [0, 0.1) is 0 Å². The highest BCUT2D eigenvalue weighted by Gasteiger charge is 2.29. The number of benzene rings is 2. The molecule has 0 radical (unpaired) electrons. The fourth-order valence-electron chi connectivity index (χ4n) is 3.65. The standard InChI is InChI=1S/C23H29N3O3S/c1-4-26(5-2)19(16-9-8-10-17(13-16)29-3)15-24-22(27)14-21-23(28)25-18-11-6-7-12-20(18)30-21/h6-13,19,21H,4-5,14-15H2,1-3H3,(H,24,27)(H,25,28)/t19-,21+/m1/s1. The first-order valence-electron chi connectivity index (χ1n) is 10.3. The minimum Gasteiger partial charge on any atom is -0.497 e. The third-order valence-electron chi connectivity index (χ3n) is 5.30. The molecule has 0 unspecified atom stereocenters. The average molecular weight is 428 g/mol. The smallest absolute Gasteiger partial charge is 0.238 e. The van der Waals surface area contributed by atoms with Crippen LogP contribution in [-0.4, -0.2) is 48.7 Å². The van der Waals surface area contributed by atoms with Crippen molar-refractivity contribution >= 4 is 29.3 Å². The van der Waals surface area contributed by atoms with Crippen molar-refractivity contribution in [2.75, 3.05) is 32.1 Å². The maximum atomic E-state index is 12.7. The first kappa shape index (κ1) is 22.2. The molecule has 2 amide bonds. The molecule has 0 aliphatic carbocycles. The van der Waals surface area contributed by atoms with E-state index in [1.807, 2.05) is 42.5 Å². The molecule has 6 nitrogen and oxygen atoms in total. The van der Waals surface area contributed by atoms with Gasteiger partial charge < -0.3 is 15.4 Å². The van der Waals surface area contributed by atoms with Gasteiger partial charge in [0.1, 0.15) is 5.75 Å². The molecular weight excluding hydrogens is 398 g/mol. The number of thioether (sulfide) groups is 1. The van der Waals surface area contributed by atoms with Gasteiger partial charge in [-0.3, -0.25) is 14.5 Å². The maximum absolute atomic E-state index is 12.7. The van der Waals surface area contributed by atoms with Gasteiger partial charge in [0.2, 0.25) is 11.8 Å². The van der Waals surface area contributed by atoms with Gasteiger partial charge in [0, 0.05) is 17.9 Å². The highest BCUT2D eigenvalue weighted by molar-refractivity contribution is 8.01. The van der Waals surface area contributed by atoms with E-state index in [1.165, 1.54) is 11.8 Å². The highest BCUT2D eigenvalue weighted by atomic mass is 32.2.